The zero-order chi connectivity index (χ0) is 14.1. The molecule has 0 aromatic rings. The van der Waals surface area contributed by atoms with Gasteiger partial charge < -0.3 is 15.0 Å². The fraction of sp³-hybridized carbons (Fsp3) is 0.933. The van der Waals surface area contributed by atoms with Gasteiger partial charge in [0.25, 0.3) is 0 Å². The maximum Gasteiger partial charge on any atom is 0.236 e. The zero-order valence-electron chi connectivity index (χ0n) is 13.5. The highest BCUT2D eigenvalue weighted by Gasteiger charge is 2.34. The van der Waals surface area contributed by atoms with Gasteiger partial charge in [-0.1, -0.05) is 0 Å². The second-order valence-corrected chi connectivity index (χ2v) is 6.74. The molecule has 4 saturated heterocycles. The van der Waals surface area contributed by atoms with Gasteiger partial charge in [0.2, 0.25) is 5.91 Å². The lowest BCUT2D eigenvalue weighted by atomic mass is 9.95. The largest absolute Gasteiger partial charge is 0.372 e. The predicted molar refractivity (Wildman–Crippen MR) is 92.0 cm³/mol. The van der Waals surface area contributed by atoms with Crippen molar-refractivity contribution >= 4 is 30.7 Å². The summed E-state index contributed by atoms with van der Waals surface area (Å²) in [6.07, 6.45) is 2.87. The number of nitrogens with zero attached hydrogens (tertiary/aromatic N) is 2. The third kappa shape index (κ3) is 4.71. The summed E-state index contributed by atoms with van der Waals surface area (Å²) in [6.45, 7) is 9.40. The molecule has 0 unspecified atom stereocenters. The Labute approximate surface area is 145 Å². The van der Waals surface area contributed by atoms with Crippen LogP contribution < -0.4 is 5.32 Å². The van der Waals surface area contributed by atoms with E-state index in [1.165, 1.54) is 12.8 Å². The highest BCUT2D eigenvalue weighted by atomic mass is 35.5. The van der Waals surface area contributed by atoms with Crippen molar-refractivity contribution in [1.82, 2.24) is 15.1 Å². The van der Waals surface area contributed by atoms with Gasteiger partial charge in [0.15, 0.2) is 0 Å². The number of hydrogen-bond acceptors (Lipinski definition) is 4. The molecule has 1 N–H and O–H groups in total. The summed E-state index contributed by atoms with van der Waals surface area (Å²) in [6, 6.07) is 0.550. The van der Waals surface area contributed by atoms with Gasteiger partial charge in [0.05, 0.1) is 18.8 Å². The van der Waals surface area contributed by atoms with Crippen LogP contribution in [0.15, 0.2) is 0 Å². The van der Waals surface area contributed by atoms with Gasteiger partial charge >= 0.3 is 0 Å². The topological polar surface area (TPSA) is 44.8 Å². The molecule has 0 spiro atoms. The van der Waals surface area contributed by atoms with Gasteiger partial charge in [0, 0.05) is 32.2 Å². The monoisotopic (exact) mass is 353 g/mol. The standard InChI is InChI=1S/C15H27N3O2.2ClH/c1-11-7-18(8-12(2)20-11)15(19)10-17-9-13-3-4-14(17)6-16-5-13;;/h11-14,16H,3-10H2,1-2H3;2*1H/t11-,12+,13-,14+;;/m1../s1. The van der Waals surface area contributed by atoms with E-state index in [1.807, 2.05) is 18.7 Å². The summed E-state index contributed by atoms with van der Waals surface area (Å²) in [7, 11) is 0. The summed E-state index contributed by atoms with van der Waals surface area (Å²) < 4.78 is 5.71. The lowest BCUT2D eigenvalue weighted by Gasteiger charge is -2.39. The molecule has 0 aromatic heterocycles. The van der Waals surface area contributed by atoms with E-state index in [4.69, 9.17) is 4.74 Å². The molecule has 0 saturated carbocycles. The van der Waals surface area contributed by atoms with E-state index in [0.29, 0.717) is 12.6 Å². The molecule has 4 aliphatic heterocycles. The molecule has 0 aliphatic carbocycles. The Morgan fingerprint density at radius 3 is 2.45 bits per heavy atom. The third-order valence-corrected chi connectivity index (χ3v) is 4.84. The Morgan fingerprint density at radius 1 is 1.09 bits per heavy atom. The second-order valence-electron chi connectivity index (χ2n) is 6.74. The number of amides is 1. The van der Waals surface area contributed by atoms with Crippen LogP contribution in [0.5, 0.6) is 0 Å². The van der Waals surface area contributed by atoms with Crippen LogP contribution in [-0.2, 0) is 9.53 Å². The zero-order valence-corrected chi connectivity index (χ0v) is 15.1. The Balaban J connectivity index is 0.00000121. The molecule has 2 bridgehead atoms. The van der Waals surface area contributed by atoms with E-state index >= 15 is 0 Å². The van der Waals surface area contributed by atoms with Crippen molar-refractivity contribution < 1.29 is 9.53 Å². The molecular weight excluding hydrogens is 325 g/mol. The van der Waals surface area contributed by atoms with E-state index < -0.39 is 0 Å². The van der Waals surface area contributed by atoms with Gasteiger partial charge in [-0.15, -0.1) is 24.8 Å². The minimum atomic E-state index is 0. The van der Waals surface area contributed by atoms with E-state index in [-0.39, 0.29) is 42.9 Å². The number of ether oxygens (including phenoxy) is 1. The average Bonchev–Trinajstić information content (AvgIpc) is 2.72. The number of fused-ring (bicyclic) bond motifs is 4. The summed E-state index contributed by atoms with van der Waals surface area (Å²) in [5.41, 5.74) is 0. The van der Waals surface area contributed by atoms with Crippen molar-refractivity contribution in [2.75, 3.05) is 39.3 Å². The predicted octanol–water partition coefficient (Wildman–Crippen LogP) is 1.15. The quantitative estimate of drug-likeness (QED) is 0.808. The first-order valence-electron chi connectivity index (χ1n) is 8.00. The fourth-order valence-electron chi connectivity index (χ4n) is 3.88. The molecule has 0 aromatic carbocycles. The number of halogens is 2. The molecule has 4 rings (SSSR count). The first-order chi connectivity index (χ1) is 9.61. The number of nitrogens with one attached hydrogen (secondary N) is 1. The van der Waals surface area contributed by atoms with Crippen LogP contribution in [-0.4, -0.2) is 73.2 Å². The SMILES string of the molecule is C[C@@H]1CN(C(=O)CN2C[C@@H]3CC[C@H]2CNC3)C[C@H](C)O1.Cl.Cl. The Morgan fingerprint density at radius 2 is 1.77 bits per heavy atom. The fourth-order valence-corrected chi connectivity index (χ4v) is 3.88. The summed E-state index contributed by atoms with van der Waals surface area (Å²) in [5, 5.41) is 3.52. The van der Waals surface area contributed by atoms with Crippen LogP contribution in [0.2, 0.25) is 0 Å². The van der Waals surface area contributed by atoms with Crippen LogP contribution in [0.3, 0.4) is 0 Å². The van der Waals surface area contributed by atoms with Crippen molar-refractivity contribution in [3.8, 4) is 0 Å². The number of morpholine rings is 1. The van der Waals surface area contributed by atoms with Gasteiger partial charge in [-0.05, 0) is 39.2 Å². The van der Waals surface area contributed by atoms with Crippen LogP contribution in [0.1, 0.15) is 26.7 Å². The smallest absolute Gasteiger partial charge is 0.236 e. The molecule has 4 heterocycles. The molecule has 7 heteroatoms. The minimum Gasteiger partial charge on any atom is -0.372 e. The van der Waals surface area contributed by atoms with E-state index in [9.17, 15) is 4.79 Å². The summed E-state index contributed by atoms with van der Waals surface area (Å²) in [4.78, 5) is 16.9. The molecular formula is C15H29Cl2N3O2. The van der Waals surface area contributed by atoms with Crippen molar-refractivity contribution in [2.45, 2.75) is 44.9 Å². The van der Waals surface area contributed by atoms with Crippen molar-refractivity contribution in [1.29, 1.82) is 0 Å². The van der Waals surface area contributed by atoms with E-state index in [0.717, 1.165) is 38.6 Å². The molecule has 1 amide bonds. The van der Waals surface area contributed by atoms with Crippen molar-refractivity contribution in [3.05, 3.63) is 0 Å². The first-order valence-corrected chi connectivity index (χ1v) is 8.00. The van der Waals surface area contributed by atoms with Crippen molar-refractivity contribution in [2.24, 2.45) is 5.92 Å². The lowest BCUT2D eigenvalue weighted by Crippen LogP contribution is -2.53. The molecule has 4 aliphatic rings. The van der Waals surface area contributed by atoms with Crippen molar-refractivity contribution in [3.63, 3.8) is 0 Å². The normalized spacial score (nSPS) is 35.3. The molecule has 4 atom stereocenters. The van der Waals surface area contributed by atoms with E-state index in [1.54, 1.807) is 0 Å². The maximum absolute atomic E-state index is 12.6. The average molecular weight is 354 g/mol. The Bertz CT molecular complexity index is 359. The Kier molecular flexibility index (Phi) is 7.89. The number of carbonyl (C=O) groups is 1. The molecule has 22 heavy (non-hydrogen) atoms. The molecule has 130 valence electrons. The van der Waals surface area contributed by atoms with Crippen LogP contribution in [0.25, 0.3) is 0 Å². The molecule has 4 fully saturated rings. The number of piperidine rings is 1. The molecule has 5 nitrogen and oxygen atoms in total. The first kappa shape index (κ1) is 20.0. The van der Waals surface area contributed by atoms with E-state index in [2.05, 4.69) is 10.2 Å². The number of hydrogen-bond donors (Lipinski definition) is 1. The third-order valence-electron chi connectivity index (χ3n) is 4.84. The van der Waals surface area contributed by atoms with Crippen LogP contribution in [0.4, 0.5) is 0 Å². The minimum absolute atomic E-state index is 0. The maximum atomic E-state index is 12.6. The second kappa shape index (κ2) is 8.69. The highest BCUT2D eigenvalue weighted by Crippen LogP contribution is 2.24. The van der Waals surface area contributed by atoms with Gasteiger partial charge in [-0.2, -0.15) is 0 Å². The van der Waals surface area contributed by atoms with Crippen LogP contribution >= 0.6 is 24.8 Å². The highest BCUT2D eigenvalue weighted by molar-refractivity contribution is 5.85. The summed E-state index contributed by atoms with van der Waals surface area (Å²) in [5.74, 6) is 1.00. The lowest BCUT2D eigenvalue weighted by molar-refractivity contribution is -0.145. The van der Waals surface area contributed by atoms with Gasteiger partial charge in [0.1, 0.15) is 0 Å². The molecule has 0 radical (unpaired) electrons. The summed E-state index contributed by atoms with van der Waals surface area (Å²) >= 11 is 0. The van der Waals surface area contributed by atoms with Crippen LogP contribution in [0, 0.1) is 5.92 Å². The number of rotatable bonds is 2. The number of carbonyl (C=O) groups excluding carboxylic acids is 1. The van der Waals surface area contributed by atoms with Gasteiger partial charge in [-0.25, -0.2) is 0 Å². The van der Waals surface area contributed by atoms with Gasteiger partial charge in [-0.3, -0.25) is 9.69 Å². The Hall–Kier alpha value is -0.0700.